The Labute approximate surface area is 96.7 Å². The third-order valence-electron chi connectivity index (χ3n) is 2.49. The Morgan fingerprint density at radius 2 is 2.00 bits per heavy atom. The average Bonchev–Trinajstić information content (AvgIpc) is 2.26. The van der Waals surface area contributed by atoms with Gasteiger partial charge >= 0.3 is 5.97 Å². The first-order valence-corrected chi connectivity index (χ1v) is 5.79. The smallest absolute Gasteiger partial charge is 0.328 e. The van der Waals surface area contributed by atoms with Crippen molar-refractivity contribution in [3.05, 3.63) is 12.2 Å². The lowest BCUT2D eigenvalue weighted by molar-refractivity contribution is -0.131. The molecule has 0 rings (SSSR count). The quantitative estimate of drug-likeness (QED) is 0.623. The van der Waals surface area contributed by atoms with Gasteiger partial charge in [0, 0.05) is 18.7 Å². The first kappa shape index (κ1) is 14.7. The molecule has 16 heavy (non-hydrogen) atoms. The molecule has 4 heteroatoms. The van der Waals surface area contributed by atoms with Crippen molar-refractivity contribution in [2.24, 2.45) is 5.92 Å². The third kappa shape index (κ3) is 8.03. The van der Waals surface area contributed by atoms with Crippen LogP contribution in [0.2, 0.25) is 0 Å². The van der Waals surface area contributed by atoms with Gasteiger partial charge in [0.25, 0.3) is 0 Å². The fraction of sp³-hybridized carbons (Fsp3) is 0.667. The molecule has 2 N–H and O–H groups in total. The number of carbonyl (C=O) groups excluding carboxylic acids is 1. The number of carboxylic acid groups (broad SMARTS) is 1. The van der Waals surface area contributed by atoms with Gasteiger partial charge in [-0.2, -0.15) is 0 Å². The van der Waals surface area contributed by atoms with Gasteiger partial charge in [-0.15, -0.1) is 0 Å². The highest BCUT2D eigenvalue weighted by atomic mass is 16.4. The van der Waals surface area contributed by atoms with Crippen molar-refractivity contribution in [2.75, 3.05) is 6.54 Å². The van der Waals surface area contributed by atoms with Crippen LogP contribution in [0.25, 0.3) is 0 Å². The van der Waals surface area contributed by atoms with Gasteiger partial charge in [-0.05, 0) is 12.3 Å². The number of hydrogen-bond donors (Lipinski definition) is 2. The Kier molecular flexibility index (Phi) is 8.21. The first-order valence-electron chi connectivity index (χ1n) is 5.79. The Morgan fingerprint density at radius 1 is 1.31 bits per heavy atom. The van der Waals surface area contributed by atoms with Crippen LogP contribution in [-0.2, 0) is 9.59 Å². The van der Waals surface area contributed by atoms with Gasteiger partial charge in [-0.1, -0.05) is 33.1 Å². The van der Waals surface area contributed by atoms with Crippen LogP contribution in [0.3, 0.4) is 0 Å². The van der Waals surface area contributed by atoms with Crippen molar-refractivity contribution in [3.63, 3.8) is 0 Å². The maximum absolute atomic E-state index is 11.2. The molecule has 92 valence electrons. The van der Waals surface area contributed by atoms with Crippen molar-refractivity contribution >= 4 is 11.9 Å². The summed E-state index contributed by atoms with van der Waals surface area (Å²) in [4.78, 5) is 21.4. The molecular formula is C12H21NO3. The van der Waals surface area contributed by atoms with E-state index in [9.17, 15) is 9.59 Å². The molecule has 0 unspecified atom stereocenters. The highest BCUT2D eigenvalue weighted by molar-refractivity contribution is 5.93. The van der Waals surface area contributed by atoms with Crippen LogP contribution >= 0.6 is 0 Å². The summed E-state index contributed by atoms with van der Waals surface area (Å²) in [7, 11) is 0. The summed E-state index contributed by atoms with van der Waals surface area (Å²) >= 11 is 0. The topological polar surface area (TPSA) is 66.4 Å². The van der Waals surface area contributed by atoms with Crippen LogP contribution in [-0.4, -0.2) is 23.5 Å². The van der Waals surface area contributed by atoms with Gasteiger partial charge in [-0.25, -0.2) is 4.79 Å². The lowest BCUT2D eigenvalue weighted by atomic mass is 9.99. The lowest BCUT2D eigenvalue weighted by Gasteiger charge is -2.14. The molecule has 1 amide bonds. The lowest BCUT2D eigenvalue weighted by Crippen LogP contribution is -2.27. The van der Waals surface area contributed by atoms with E-state index < -0.39 is 5.97 Å². The van der Waals surface area contributed by atoms with Gasteiger partial charge in [0.2, 0.25) is 5.91 Å². The molecule has 1 atom stereocenters. The number of unbranched alkanes of at least 4 members (excludes halogenated alkanes) is 1. The number of rotatable bonds is 8. The molecular weight excluding hydrogens is 206 g/mol. The number of carbonyl (C=O) groups is 2. The number of carboxylic acids is 1. The molecule has 0 aromatic carbocycles. The largest absolute Gasteiger partial charge is 0.478 e. The second-order valence-corrected chi connectivity index (χ2v) is 3.83. The van der Waals surface area contributed by atoms with Crippen LogP contribution in [0.1, 0.15) is 39.5 Å². The van der Waals surface area contributed by atoms with Crippen LogP contribution in [0.4, 0.5) is 0 Å². The molecule has 0 spiro atoms. The van der Waals surface area contributed by atoms with E-state index in [2.05, 4.69) is 19.2 Å². The van der Waals surface area contributed by atoms with Crippen LogP contribution < -0.4 is 5.32 Å². The van der Waals surface area contributed by atoms with E-state index in [0.717, 1.165) is 31.4 Å². The summed E-state index contributed by atoms with van der Waals surface area (Å²) < 4.78 is 0. The number of nitrogens with one attached hydrogen (secondary N) is 1. The second kappa shape index (κ2) is 8.95. The summed E-state index contributed by atoms with van der Waals surface area (Å²) in [5.41, 5.74) is 0. The standard InChI is InChI=1S/C12H21NO3/c1-3-5-6-10(4-2)9-13-11(14)7-8-12(15)16/h7-8,10H,3-6,9H2,1-2H3,(H,13,14)(H,15,16)/t10-/m1/s1. The molecule has 0 aliphatic rings. The maximum atomic E-state index is 11.2. The van der Waals surface area contributed by atoms with Gasteiger partial charge in [0.05, 0.1) is 0 Å². The van der Waals surface area contributed by atoms with E-state index in [1.807, 2.05) is 0 Å². The average molecular weight is 227 g/mol. The molecule has 0 saturated heterocycles. The molecule has 0 saturated carbocycles. The SMILES string of the molecule is CCCC[C@@H](CC)CNC(=O)C=CC(=O)O. The van der Waals surface area contributed by atoms with Gasteiger partial charge in [0.15, 0.2) is 0 Å². The van der Waals surface area contributed by atoms with Crippen LogP contribution in [0.15, 0.2) is 12.2 Å². The molecule has 4 nitrogen and oxygen atoms in total. The van der Waals surface area contributed by atoms with E-state index in [4.69, 9.17) is 5.11 Å². The Balaban J connectivity index is 3.83. The van der Waals surface area contributed by atoms with E-state index in [1.165, 1.54) is 6.42 Å². The van der Waals surface area contributed by atoms with E-state index in [1.54, 1.807) is 0 Å². The zero-order chi connectivity index (χ0) is 12.4. The number of amides is 1. The summed E-state index contributed by atoms with van der Waals surface area (Å²) in [6, 6.07) is 0. The predicted molar refractivity (Wildman–Crippen MR) is 63.1 cm³/mol. The zero-order valence-corrected chi connectivity index (χ0v) is 10.0. The zero-order valence-electron chi connectivity index (χ0n) is 10.0. The van der Waals surface area contributed by atoms with Crippen molar-refractivity contribution in [2.45, 2.75) is 39.5 Å². The van der Waals surface area contributed by atoms with E-state index >= 15 is 0 Å². The first-order chi connectivity index (χ1) is 7.60. The molecule has 0 heterocycles. The van der Waals surface area contributed by atoms with Crippen molar-refractivity contribution in [1.29, 1.82) is 0 Å². The summed E-state index contributed by atoms with van der Waals surface area (Å²) in [6.07, 6.45) is 6.36. The fourth-order valence-corrected chi connectivity index (χ4v) is 1.39. The molecule has 0 aromatic heterocycles. The minimum absolute atomic E-state index is 0.336. The van der Waals surface area contributed by atoms with Crippen molar-refractivity contribution in [3.8, 4) is 0 Å². The summed E-state index contributed by atoms with van der Waals surface area (Å²) in [5, 5.41) is 11.0. The minimum Gasteiger partial charge on any atom is -0.478 e. The second-order valence-electron chi connectivity index (χ2n) is 3.83. The molecule has 0 aliphatic carbocycles. The van der Waals surface area contributed by atoms with Crippen LogP contribution in [0, 0.1) is 5.92 Å². The molecule has 0 fully saturated rings. The number of hydrogen-bond acceptors (Lipinski definition) is 2. The van der Waals surface area contributed by atoms with Crippen molar-refractivity contribution in [1.82, 2.24) is 5.32 Å². The highest BCUT2D eigenvalue weighted by Gasteiger charge is 2.06. The molecule has 0 radical (unpaired) electrons. The summed E-state index contributed by atoms with van der Waals surface area (Å²) in [6.45, 7) is 4.86. The highest BCUT2D eigenvalue weighted by Crippen LogP contribution is 2.10. The van der Waals surface area contributed by atoms with Crippen LogP contribution in [0.5, 0.6) is 0 Å². The molecule has 0 aliphatic heterocycles. The predicted octanol–water partition coefficient (Wildman–Crippen LogP) is 1.96. The normalized spacial score (nSPS) is 12.6. The minimum atomic E-state index is -1.10. The summed E-state index contributed by atoms with van der Waals surface area (Å²) in [5.74, 6) is -0.951. The van der Waals surface area contributed by atoms with Gasteiger partial charge in [0.1, 0.15) is 0 Å². The van der Waals surface area contributed by atoms with E-state index in [0.29, 0.717) is 12.5 Å². The van der Waals surface area contributed by atoms with Gasteiger partial charge < -0.3 is 10.4 Å². The monoisotopic (exact) mass is 227 g/mol. The Bertz CT molecular complexity index is 249. The number of aliphatic carboxylic acids is 1. The Morgan fingerprint density at radius 3 is 2.50 bits per heavy atom. The molecule has 0 aromatic rings. The van der Waals surface area contributed by atoms with E-state index in [-0.39, 0.29) is 5.91 Å². The van der Waals surface area contributed by atoms with Crippen molar-refractivity contribution < 1.29 is 14.7 Å². The third-order valence-corrected chi connectivity index (χ3v) is 2.49. The Hall–Kier alpha value is -1.32. The maximum Gasteiger partial charge on any atom is 0.328 e. The van der Waals surface area contributed by atoms with Gasteiger partial charge in [-0.3, -0.25) is 4.79 Å². The fourth-order valence-electron chi connectivity index (χ4n) is 1.39. The molecule has 0 bridgehead atoms.